The molecule has 0 aliphatic carbocycles. The highest BCUT2D eigenvalue weighted by molar-refractivity contribution is 7.13. The summed E-state index contributed by atoms with van der Waals surface area (Å²) >= 11 is 1.34. The fourth-order valence-corrected chi connectivity index (χ4v) is 3.03. The normalized spacial score (nSPS) is 10.5. The van der Waals surface area contributed by atoms with Gasteiger partial charge in [-0.05, 0) is 19.1 Å². The molecule has 1 aromatic heterocycles. The van der Waals surface area contributed by atoms with Gasteiger partial charge in [0.25, 0.3) is 5.91 Å². The predicted molar refractivity (Wildman–Crippen MR) is 95.2 cm³/mol. The second-order valence-electron chi connectivity index (χ2n) is 5.35. The first-order valence-corrected chi connectivity index (χ1v) is 8.26. The number of nitrogens with one attached hydrogen (secondary N) is 1. The molecule has 126 valence electrons. The fourth-order valence-electron chi connectivity index (χ4n) is 2.23. The summed E-state index contributed by atoms with van der Waals surface area (Å²) in [6.07, 6.45) is 0. The molecule has 0 unspecified atom stereocenters. The van der Waals surface area contributed by atoms with Gasteiger partial charge in [0, 0.05) is 27.8 Å². The molecule has 5 nitrogen and oxygen atoms in total. The molecular formula is C18H14FN3O2S. The minimum atomic E-state index is -0.769. The summed E-state index contributed by atoms with van der Waals surface area (Å²) in [4.78, 5) is 28.0. The van der Waals surface area contributed by atoms with Gasteiger partial charge >= 0.3 is 0 Å². The first-order valence-electron chi connectivity index (χ1n) is 7.38. The van der Waals surface area contributed by atoms with E-state index in [-0.39, 0.29) is 22.5 Å². The second-order valence-corrected chi connectivity index (χ2v) is 6.21. The van der Waals surface area contributed by atoms with Crippen molar-refractivity contribution in [2.24, 2.45) is 5.73 Å². The van der Waals surface area contributed by atoms with Gasteiger partial charge in [-0.3, -0.25) is 9.59 Å². The lowest BCUT2D eigenvalue weighted by Crippen LogP contribution is -2.16. The summed E-state index contributed by atoms with van der Waals surface area (Å²) in [5.74, 6) is -1.87. The van der Waals surface area contributed by atoms with Crippen molar-refractivity contribution in [3.05, 3.63) is 70.5 Å². The van der Waals surface area contributed by atoms with Gasteiger partial charge in [0.1, 0.15) is 16.5 Å². The number of thiazole rings is 1. The van der Waals surface area contributed by atoms with Crippen LogP contribution < -0.4 is 11.1 Å². The molecule has 0 fully saturated rings. The molecule has 25 heavy (non-hydrogen) atoms. The molecule has 0 spiro atoms. The average molecular weight is 355 g/mol. The molecule has 7 heteroatoms. The van der Waals surface area contributed by atoms with Crippen LogP contribution in [0.25, 0.3) is 10.6 Å². The smallest absolute Gasteiger partial charge is 0.275 e. The molecule has 3 N–H and O–H groups in total. The zero-order chi connectivity index (χ0) is 18.0. The van der Waals surface area contributed by atoms with Gasteiger partial charge in [-0.2, -0.15) is 0 Å². The number of nitrogens with zero attached hydrogens (tertiary/aromatic N) is 1. The molecule has 2 amide bonds. The summed E-state index contributed by atoms with van der Waals surface area (Å²) in [6, 6.07) is 11.9. The highest BCUT2D eigenvalue weighted by Crippen LogP contribution is 2.25. The molecule has 1 heterocycles. The standard InChI is InChI=1S/C18H14FN3O2S/c1-10-13(19)7-12(16(20)23)8-14(10)21-17(24)15-9-25-18(22-15)11-5-3-2-4-6-11/h2-9H,1H3,(H2,20,23)(H,21,24). The Morgan fingerprint density at radius 1 is 1.20 bits per heavy atom. The van der Waals surface area contributed by atoms with E-state index in [2.05, 4.69) is 10.3 Å². The molecular weight excluding hydrogens is 341 g/mol. The van der Waals surface area contributed by atoms with E-state index in [4.69, 9.17) is 5.73 Å². The van der Waals surface area contributed by atoms with Gasteiger partial charge in [0.2, 0.25) is 5.91 Å². The Morgan fingerprint density at radius 2 is 1.92 bits per heavy atom. The van der Waals surface area contributed by atoms with E-state index in [1.54, 1.807) is 5.38 Å². The Kier molecular flexibility index (Phi) is 4.58. The first kappa shape index (κ1) is 16.8. The number of primary amides is 1. The van der Waals surface area contributed by atoms with Crippen LogP contribution in [0, 0.1) is 12.7 Å². The maximum atomic E-state index is 13.9. The Bertz CT molecular complexity index is 954. The van der Waals surface area contributed by atoms with Crippen molar-refractivity contribution in [1.82, 2.24) is 4.98 Å². The van der Waals surface area contributed by atoms with Crippen molar-refractivity contribution >= 4 is 28.8 Å². The number of amides is 2. The third-order valence-electron chi connectivity index (χ3n) is 3.63. The van der Waals surface area contributed by atoms with E-state index in [0.29, 0.717) is 5.01 Å². The SMILES string of the molecule is Cc1c(F)cc(C(N)=O)cc1NC(=O)c1csc(-c2ccccc2)n1. The zero-order valence-electron chi connectivity index (χ0n) is 13.2. The van der Waals surface area contributed by atoms with E-state index >= 15 is 0 Å². The number of aromatic nitrogens is 1. The van der Waals surface area contributed by atoms with Crippen molar-refractivity contribution in [2.75, 3.05) is 5.32 Å². The minimum Gasteiger partial charge on any atom is -0.366 e. The number of nitrogens with two attached hydrogens (primary N) is 1. The van der Waals surface area contributed by atoms with Gasteiger partial charge < -0.3 is 11.1 Å². The van der Waals surface area contributed by atoms with E-state index in [1.165, 1.54) is 24.3 Å². The lowest BCUT2D eigenvalue weighted by molar-refractivity contribution is 0.0995. The summed E-state index contributed by atoms with van der Waals surface area (Å²) in [5, 5.41) is 4.92. The van der Waals surface area contributed by atoms with Crippen molar-refractivity contribution in [2.45, 2.75) is 6.92 Å². The van der Waals surface area contributed by atoms with Crippen LogP contribution in [0.3, 0.4) is 0 Å². The predicted octanol–water partition coefficient (Wildman–Crippen LogP) is 3.61. The Morgan fingerprint density at radius 3 is 2.60 bits per heavy atom. The number of anilines is 1. The minimum absolute atomic E-state index is 0.0124. The molecule has 0 saturated heterocycles. The molecule has 0 radical (unpaired) electrons. The van der Waals surface area contributed by atoms with Crippen LogP contribution in [0.4, 0.5) is 10.1 Å². The van der Waals surface area contributed by atoms with Crippen molar-refractivity contribution in [3.8, 4) is 10.6 Å². The van der Waals surface area contributed by atoms with Crippen LogP contribution in [0.15, 0.2) is 47.8 Å². The lowest BCUT2D eigenvalue weighted by Gasteiger charge is -2.09. The Hall–Kier alpha value is -3.06. The largest absolute Gasteiger partial charge is 0.366 e. The molecule has 3 aromatic rings. The van der Waals surface area contributed by atoms with Crippen LogP contribution >= 0.6 is 11.3 Å². The molecule has 0 atom stereocenters. The highest BCUT2D eigenvalue weighted by atomic mass is 32.1. The number of hydrogen-bond acceptors (Lipinski definition) is 4. The zero-order valence-corrected chi connectivity index (χ0v) is 14.1. The maximum Gasteiger partial charge on any atom is 0.275 e. The van der Waals surface area contributed by atoms with Crippen LogP contribution in [0.5, 0.6) is 0 Å². The highest BCUT2D eigenvalue weighted by Gasteiger charge is 2.16. The summed E-state index contributed by atoms with van der Waals surface area (Å²) < 4.78 is 13.9. The summed E-state index contributed by atoms with van der Waals surface area (Å²) in [5.41, 5.74) is 6.70. The molecule has 2 aromatic carbocycles. The van der Waals surface area contributed by atoms with Crippen LogP contribution in [0.2, 0.25) is 0 Å². The van der Waals surface area contributed by atoms with Gasteiger partial charge in [-0.25, -0.2) is 9.37 Å². The lowest BCUT2D eigenvalue weighted by atomic mass is 10.1. The van der Waals surface area contributed by atoms with Crippen LogP contribution in [0.1, 0.15) is 26.4 Å². The fraction of sp³-hybridized carbons (Fsp3) is 0.0556. The molecule has 3 rings (SSSR count). The Balaban J connectivity index is 1.86. The number of benzene rings is 2. The molecule has 0 aliphatic rings. The summed E-state index contributed by atoms with van der Waals surface area (Å²) in [7, 11) is 0. The topological polar surface area (TPSA) is 85.1 Å². The first-order chi connectivity index (χ1) is 12.0. The number of carbonyl (C=O) groups excluding carboxylic acids is 2. The van der Waals surface area contributed by atoms with Crippen molar-refractivity contribution in [3.63, 3.8) is 0 Å². The quantitative estimate of drug-likeness (QED) is 0.750. The van der Waals surface area contributed by atoms with E-state index in [9.17, 15) is 14.0 Å². The number of hydrogen-bond donors (Lipinski definition) is 2. The number of halogens is 1. The number of rotatable bonds is 4. The third kappa shape index (κ3) is 3.56. The van der Waals surface area contributed by atoms with Gasteiger partial charge in [0.15, 0.2) is 0 Å². The van der Waals surface area contributed by atoms with Gasteiger partial charge in [-0.1, -0.05) is 30.3 Å². The molecule has 0 aliphatic heterocycles. The maximum absolute atomic E-state index is 13.9. The van der Waals surface area contributed by atoms with Crippen LogP contribution in [-0.2, 0) is 0 Å². The van der Waals surface area contributed by atoms with Gasteiger partial charge in [-0.15, -0.1) is 11.3 Å². The van der Waals surface area contributed by atoms with Gasteiger partial charge in [0.05, 0.1) is 0 Å². The Labute approximate surface area is 147 Å². The number of carbonyl (C=O) groups is 2. The van der Waals surface area contributed by atoms with Crippen molar-refractivity contribution < 1.29 is 14.0 Å². The molecule has 0 bridgehead atoms. The monoisotopic (exact) mass is 355 g/mol. The third-order valence-corrected chi connectivity index (χ3v) is 4.53. The molecule has 0 saturated carbocycles. The second kappa shape index (κ2) is 6.82. The van der Waals surface area contributed by atoms with Crippen molar-refractivity contribution in [1.29, 1.82) is 0 Å². The van der Waals surface area contributed by atoms with E-state index < -0.39 is 17.6 Å². The summed E-state index contributed by atoms with van der Waals surface area (Å²) in [6.45, 7) is 1.51. The van der Waals surface area contributed by atoms with Crippen LogP contribution in [-0.4, -0.2) is 16.8 Å². The van der Waals surface area contributed by atoms with E-state index in [0.717, 1.165) is 11.6 Å². The van der Waals surface area contributed by atoms with E-state index in [1.807, 2.05) is 30.3 Å². The average Bonchev–Trinajstić information content (AvgIpc) is 3.09.